The second-order valence-electron chi connectivity index (χ2n) is 4.33. The molecule has 1 amide bonds. The molecule has 2 aromatic rings. The third-order valence-electron chi connectivity index (χ3n) is 2.76. The van der Waals surface area contributed by atoms with E-state index in [0.717, 1.165) is 18.2 Å². The standard InChI is InChI=1S/C14H15N3O4/c1-2-15-9-10-4-3-5-11(8-10)16-14(18)12-6-7-13(21-12)17(19)20/h3-8,15H,2,9H2,1H3,(H,16,18). The molecule has 0 aliphatic carbocycles. The summed E-state index contributed by atoms with van der Waals surface area (Å²) in [5.74, 6) is -1.08. The predicted octanol–water partition coefficient (Wildman–Crippen LogP) is 2.55. The number of nitrogens with zero attached hydrogens (tertiary/aromatic N) is 1. The topological polar surface area (TPSA) is 97.4 Å². The van der Waals surface area contributed by atoms with Gasteiger partial charge in [0.15, 0.2) is 5.76 Å². The van der Waals surface area contributed by atoms with Crippen LogP contribution in [-0.4, -0.2) is 17.4 Å². The minimum absolute atomic E-state index is 0.0983. The van der Waals surface area contributed by atoms with Gasteiger partial charge in [0.2, 0.25) is 0 Å². The highest BCUT2D eigenvalue weighted by Gasteiger charge is 2.17. The zero-order valence-electron chi connectivity index (χ0n) is 11.5. The Morgan fingerprint density at radius 1 is 1.33 bits per heavy atom. The Bertz CT molecular complexity index is 651. The van der Waals surface area contributed by atoms with E-state index in [9.17, 15) is 14.9 Å². The molecule has 1 aromatic heterocycles. The number of nitro groups is 1. The molecule has 1 heterocycles. The van der Waals surface area contributed by atoms with Crippen LogP contribution in [0.25, 0.3) is 0 Å². The number of nitrogens with one attached hydrogen (secondary N) is 2. The van der Waals surface area contributed by atoms with Crippen molar-refractivity contribution in [1.29, 1.82) is 0 Å². The van der Waals surface area contributed by atoms with E-state index in [2.05, 4.69) is 10.6 Å². The molecule has 0 saturated heterocycles. The molecule has 7 nitrogen and oxygen atoms in total. The molecule has 21 heavy (non-hydrogen) atoms. The van der Waals surface area contributed by atoms with Gasteiger partial charge in [-0.1, -0.05) is 19.1 Å². The molecular formula is C14H15N3O4. The third-order valence-corrected chi connectivity index (χ3v) is 2.76. The van der Waals surface area contributed by atoms with Gasteiger partial charge in [-0.15, -0.1) is 0 Å². The lowest BCUT2D eigenvalue weighted by atomic mass is 10.2. The molecule has 2 rings (SSSR count). The van der Waals surface area contributed by atoms with E-state index in [-0.39, 0.29) is 5.76 Å². The summed E-state index contributed by atoms with van der Waals surface area (Å²) in [6.45, 7) is 3.56. The van der Waals surface area contributed by atoms with Gasteiger partial charge in [-0.05, 0) is 30.3 Å². The Kier molecular flexibility index (Phi) is 4.68. The van der Waals surface area contributed by atoms with Gasteiger partial charge in [0.05, 0.1) is 6.07 Å². The summed E-state index contributed by atoms with van der Waals surface area (Å²) in [4.78, 5) is 21.8. The number of carbonyl (C=O) groups is 1. The summed E-state index contributed by atoms with van der Waals surface area (Å²) in [7, 11) is 0. The van der Waals surface area contributed by atoms with Gasteiger partial charge in [0.25, 0.3) is 5.91 Å². The molecule has 0 bridgehead atoms. The number of carbonyl (C=O) groups excluding carboxylic acids is 1. The Morgan fingerprint density at radius 2 is 2.14 bits per heavy atom. The van der Waals surface area contributed by atoms with Crippen molar-refractivity contribution in [1.82, 2.24) is 5.32 Å². The zero-order chi connectivity index (χ0) is 15.2. The molecule has 0 atom stereocenters. The number of anilines is 1. The molecule has 2 N–H and O–H groups in total. The summed E-state index contributed by atoms with van der Waals surface area (Å²) in [5, 5.41) is 16.3. The van der Waals surface area contributed by atoms with Crippen LogP contribution in [0.3, 0.4) is 0 Å². The Labute approximate surface area is 121 Å². The summed E-state index contributed by atoms with van der Waals surface area (Å²) < 4.78 is 4.85. The smallest absolute Gasteiger partial charge is 0.395 e. The largest absolute Gasteiger partial charge is 0.433 e. The van der Waals surface area contributed by atoms with E-state index in [0.29, 0.717) is 12.2 Å². The minimum atomic E-state index is -0.687. The summed E-state index contributed by atoms with van der Waals surface area (Å²) in [6.07, 6.45) is 0. The first-order valence-corrected chi connectivity index (χ1v) is 6.45. The number of furan rings is 1. The predicted molar refractivity (Wildman–Crippen MR) is 77.1 cm³/mol. The molecule has 110 valence electrons. The Balaban J connectivity index is 2.06. The summed E-state index contributed by atoms with van der Waals surface area (Å²) in [5.41, 5.74) is 1.63. The highest BCUT2D eigenvalue weighted by atomic mass is 16.6. The van der Waals surface area contributed by atoms with Crippen molar-refractivity contribution in [3.8, 4) is 0 Å². The first-order valence-electron chi connectivity index (χ1n) is 6.45. The third kappa shape index (κ3) is 3.90. The first-order chi connectivity index (χ1) is 10.1. The summed E-state index contributed by atoms with van der Waals surface area (Å²) >= 11 is 0. The molecular weight excluding hydrogens is 274 g/mol. The Hall–Kier alpha value is -2.67. The SMILES string of the molecule is CCNCc1cccc(NC(=O)c2ccc([N+](=O)[O-])o2)c1. The second kappa shape index (κ2) is 6.67. The molecule has 0 spiro atoms. The lowest BCUT2D eigenvalue weighted by Crippen LogP contribution is -2.13. The van der Waals surface area contributed by atoms with Crippen molar-refractivity contribution < 1.29 is 14.1 Å². The zero-order valence-corrected chi connectivity index (χ0v) is 11.5. The minimum Gasteiger partial charge on any atom is -0.395 e. The van der Waals surface area contributed by atoms with Crippen LogP contribution in [0, 0.1) is 10.1 Å². The summed E-state index contributed by atoms with van der Waals surface area (Å²) in [6, 6.07) is 9.76. The van der Waals surface area contributed by atoms with Crippen LogP contribution in [0.15, 0.2) is 40.8 Å². The van der Waals surface area contributed by atoms with Crippen LogP contribution in [0.1, 0.15) is 23.0 Å². The first kappa shape index (κ1) is 14.7. The molecule has 1 aromatic carbocycles. The van der Waals surface area contributed by atoms with E-state index in [1.165, 1.54) is 6.07 Å². The number of hydrogen-bond acceptors (Lipinski definition) is 5. The van der Waals surface area contributed by atoms with Crippen LogP contribution in [0.4, 0.5) is 11.6 Å². The number of rotatable bonds is 6. The lowest BCUT2D eigenvalue weighted by molar-refractivity contribution is -0.402. The van der Waals surface area contributed by atoms with Crippen LogP contribution in [-0.2, 0) is 6.54 Å². The van der Waals surface area contributed by atoms with Crippen molar-refractivity contribution in [3.63, 3.8) is 0 Å². The molecule has 0 radical (unpaired) electrons. The van der Waals surface area contributed by atoms with Crippen molar-refractivity contribution in [3.05, 3.63) is 57.8 Å². The van der Waals surface area contributed by atoms with Crippen LogP contribution >= 0.6 is 0 Å². The van der Waals surface area contributed by atoms with Crippen molar-refractivity contribution in [2.24, 2.45) is 0 Å². The highest BCUT2D eigenvalue weighted by molar-refractivity contribution is 6.02. The molecule has 0 aliphatic heterocycles. The Morgan fingerprint density at radius 3 is 2.81 bits per heavy atom. The number of benzene rings is 1. The number of hydrogen-bond donors (Lipinski definition) is 2. The van der Waals surface area contributed by atoms with E-state index in [4.69, 9.17) is 4.42 Å². The molecule has 0 saturated carbocycles. The van der Waals surface area contributed by atoms with Crippen LogP contribution in [0.2, 0.25) is 0 Å². The molecule has 0 aliphatic rings. The maximum atomic E-state index is 11.9. The molecule has 0 unspecified atom stereocenters. The van der Waals surface area contributed by atoms with Gasteiger partial charge in [0.1, 0.15) is 4.92 Å². The van der Waals surface area contributed by atoms with E-state index < -0.39 is 16.7 Å². The van der Waals surface area contributed by atoms with Crippen molar-refractivity contribution >= 4 is 17.5 Å². The van der Waals surface area contributed by atoms with Crippen LogP contribution < -0.4 is 10.6 Å². The molecule has 0 fully saturated rings. The number of amides is 1. The van der Waals surface area contributed by atoms with E-state index in [1.54, 1.807) is 6.07 Å². The van der Waals surface area contributed by atoms with E-state index >= 15 is 0 Å². The fraction of sp³-hybridized carbons (Fsp3) is 0.214. The maximum absolute atomic E-state index is 11.9. The normalized spacial score (nSPS) is 10.3. The van der Waals surface area contributed by atoms with E-state index in [1.807, 2.05) is 25.1 Å². The molecule has 7 heteroatoms. The van der Waals surface area contributed by atoms with Gasteiger partial charge < -0.3 is 15.1 Å². The van der Waals surface area contributed by atoms with Gasteiger partial charge in [-0.3, -0.25) is 14.9 Å². The fourth-order valence-electron chi connectivity index (χ4n) is 1.77. The average Bonchev–Trinajstić information content (AvgIpc) is 2.95. The lowest BCUT2D eigenvalue weighted by Gasteiger charge is -2.06. The van der Waals surface area contributed by atoms with Gasteiger partial charge in [0, 0.05) is 12.2 Å². The average molecular weight is 289 g/mol. The quantitative estimate of drug-likeness (QED) is 0.629. The van der Waals surface area contributed by atoms with Gasteiger partial charge in [-0.25, -0.2) is 0 Å². The van der Waals surface area contributed by atoms with Gasteiger partial charge >= 0.3 is 5.88 Å². The fourth-order valence-corrected chi connectivity index (χ4v) is 1.77. The monoisotopic (exact) mass is 289 g/mol. The van der Waals surface area contributed by atoms with Gasteiger partial charge in [-0.2, -0.15) is 0 Å². The van der Waals surface area contributed by atoms with Crippen molar-refractivity contribution in [2.75, 3.05) is 11.9 Å². The van der Waals surface area contributed by atoms with Crippen molar-refractivity contribution in [2.45, 2.75) is 13.5 Å². The van der Waals surface area contributed by atoms with Crippen LogP contribution in [0.5, 0.6) is 0 Å². The second-order valence-corrected chi connectivity index (χ2v) is 4.33. The maximum Gasteiger partial charge on any atom is 0.433 e. The highest BCUT2D eigenvalue weighted by Crippen LogP contribution is 2.17.